The molecule has 2 aromatic carbocycles. The van der Waals surface area contributed by atoms with Crippen LogP contribution in [0.4, 0.5) is 4.39 Å². The molecule has 0 atom stereocenters. The van der Waals surface area contributed by atoms with Gasteiger partial charge in [-0.25, -0.2) is 9.49 Å². The zero-order chi connectivity index (χ0) is 24.0. The zero-order valence-electron chi connectivity index (χ0n) is 18.9. The molecule has 1 amide bonds. The van der Waals surface area contributed by atoms with Gasteiger partial charge >= 0.3 is 0 Å². The number of hydrogen-bond acceptors (Lipinski definition) is 5. The van der Waals surface area contributed by atoms with Crippen molar-refractivity contribution in [1.29, 1.82) is 0 Å². The molecule has 8 nitrogen and oxygen atoms in total. The summed E-state index contributed by atoms with van der Waals surface area (Å²) in [7, 11) is 0. The van der Waals surface area contributed by atoms with Crippen molar-refractivity contribution in [3.63, 3.8) is 0 Å². The maximum Gasteiger partial charge on any atom is 0.272 e. The van der Waals surface area contributed by atoms with Gasteiger partial charge in [-0.2, -0.15) is 10.2 Å². The fourth-order valence-corrected chi connectivity index (χ4v) is 4.51. The minimum absolute atomic E-state index is 0.0168. The van der Waals surface area contributed by atoms with Gasteiger partial charge in [-0.1, -0.05) is 24.3 Å². The summed E-state index contributed by atoms with van der Waals surface area (Å²) in [5.41, 5.74) is 2.19. The molecule has 0 fully saturated rings. The minimum atomic E-state index is -1.09. The standard InChI is InChI=1S/C25H24FN5O3/c1-25(2,34)22-17-9-10-31(13-21(17)28-29-22)24(33)18-11-14(7-8-19(18)26)12-20-15-5-3-4-6-16(15)23(32)30-27-20/h3-8,11,34H,9-10,12-13H2,1-2H3,(H,28,29)(H,30,32). The van der Waals surface area contributed by atoms with E-state index in [4.69, 9.17) is 0 Å². The number of carbonyl (C=O) groups excluding carboxylic acids is 1. The first kappa shape index (κ1) is 22.0. The lowest BCUT2D eigenvalue weighted by atomic mass is 9.95. The molecule has 0 saturated heterocycles. The molecule has 0 aliphatic carbocycles. The Labute approximate surface area is 194 Å². The Hall–Kier alpha value is -3.85. The summed E-state index contributed by atoms with van der Waals surface area (Å²) in [4.78, 5) is 26.9. The summed E-state index contributed by atoms with van der Waals surface area (Å²) in [5, 5.41) is 25.4. The van der Waals surface area contributed by atoms with E-state index in [1.54, 1.807) is 43.0 Å². The highest BCUT2D eigenvalue weighted by molar-refractivity contribution is 5.95. The molecule has 0 bridgehead atoms. The number of halogens is 1. The van der Waals surface area contributed by atoms with Gasteiger partial charge in [0.15, 0.2) is 0 Å². The molecule has 1 aliphatic heterocycles. The van der Waals surface area contributed by atoms with Crippen LogP contribution < -0.4 is 5.56 Å². The van der Waals surface area contributed by atoms with E-state index >= 15 is 0 Å². The average Bonchev–Trinajstić information content (AvgIpc) is 3.26. The third-order valence-electron chi connectivity index (χ3n) is 6.21. The summed E-state index contributed by atoms with van der Waals surface area (Å²) >= 11 is 0. The van der Waals surface area contributed by atoms with E-state index in [0.717, 1.165) is 11.3 Å². The predicted molar refractivity (Wildman–Crippen MR) is 124 cm³/mol. The second kappa shape index (κ2) is 8.18. The monoisotopic (exact) mass is 461 g/mol. The van der Waals surface area contributed by atoms with Crippen LogP contribution in [0.1, 0.15) is 52.4 Å². The maximum absolute atomic E-state index is 14.7. The normalized spacial score (nSPS) is 13.8. The van der Waals surface area contributed by atoms with Crippen LogP contribution in [0.3, 0.4) is 0 Å². The van der Waals surface area contributed by atoms with Crippen LogP contribution in [0.15, 0.2) is 47.3 Å². The van der Waals surface area contributed by atoms with Gasteiger partial charge in [-0.15, -0.1) is 0 Å². The maximum atomic E-state index is 14.7. The summed E-state index contributed by atoms with van der Waals surface area (Å²) in [6.07, 6.45) is 0.850. The second-order valence-electron chi connectivity index (χ2n) is 9.10. The lowest BCUT2D eigenvalue weighted by Crippen LogP contribution is -2.37. The van der Waals surface area contributed by atoms with Crippen molar-refractivity contribution in [3.8, 4) is 0 Å². The Kier molecular flexibility index (Phi) is 5.28. The van der Waals surface area contributed by atoms with Crippen molar-refractivity contribution in [2.24, 2.45) is 0 Å². The van der Waals surface area contributed by atoms with Gasteiger partial charge in [0, 0.05) is 23.9 Å². The van der Waals surface area contributed by atoms with Crippen LogP contribution >= 0.6 is 0 Å². The Morgan fingerprint density at radius 2 is 1.91 bits per heavy atom. The Morgan fingerprint density at radius 3 is 2.68 bits per heavy atom. The van der Waals surface area contributed by atoms with E-state index in [0.29, 0.717) is 47.1 Å². The molecule has 174 valence electrons. The lowest BCUT2D eigenvalue weighted by Gasteiger charge is -2.28. The van der Waals surface area contributed by atoms with Crippen molar-refractivity contribution in [2.75, 3.05) is 6.54 Å². The van der Waals surface area contributed by atoms with Crippen molar-refractivity contribution in [1.82, 2.24) is 25.3 Å². The van der Waals surface area contributed by atoms with E-state index in [1.165, 1.54) is 6.07 Å². The van der Waals surface area contributed by atoms with Crippen LogP contribution in [0.5, 0.6) is 0 Å². The topological polar surface area (TPSA) is 115 Å². The molecule has 34 heavy (non-hydrogen) atoms. The Balaban J connectivity index is 1.42. The summed E-state index contributed by atoms with van der Waals surface area (Å²) in [5.74, 6) is -1.01. The first-order valence-electron chi connectivity index (χ1n) is 11.1. The van der Waals surface area contributed by atoms with E-state index < -0.39 is 17.3 Å². The largest absolute Gasteiger partial charge is 0.384 e. The molecule has 2 aromatic heterocycles. The molecule has 3 N–H and O–H groups in total. The van der Waals surface area contributed by atoms with E-state index in [9.17, 15) is 19.1 Å². The molecule has 0 radical (unpaired) electrons. The number of carbonyl (C=O) groups is 1. The van der Waals surface area contributed by atoms with Crippen molar-refractivity contribution in [3.05, 3.63) is 92.4 Å². The number of nitrogens with zero attached hydrogens (tertiary/aromatic N) is 3. The lowest BCUT2D eigenvalue weighted by molar-refractivity contribution is 0.0702. The molecule has 0 saturated carbocycles. The number of H-pyrrole nitrogens is 2. The van der Waals surface area contributed by atoms with E-state index in [-0.39, 0.29) is 17.7 Å². The third kappa shape index (κ3) is 3.88. The van der Waals surface area contributed by atoms with Crippen molar-refractivity contribution in [2.45, 2.75) is 38.8 Å². The van der Waals surface area contributed by atoms with Crippen molar-refractivity contribution < 1.29 is 14.3 Å². The van der Waals surface area contributed by atoms with Crippen LogP contribution in [0.2, 0.25) is 0 Å². The highest BCUT2D eigenvalue weighted by Gasteiger charge is 2.31. The molecular formula is C25H24FN5O3. The molecule has 4 aromatic rings. The van der Waals surface area contributed by atoms with Gasteiger partial charge in [0.2, 0.25) is 0 Å². The predicted octanol–water partition coefficient (Wildman–Crippen LogP) is 2.80. The SMILES string of the molecule is CC(C)(O)c1n[nH]c2c1CCN(C(=O)c1cc(Cc3n[nH]c(=O)c4ccccc34)ccc1F)C2. The van der Waals surface area contributed by atoms with Crippen molar-refractivity contribution >= 4 is 16.7 Å². The fraction of sp³-hybridized carbons (Fsp3) is 0.280. The van der Waals surface area contributed by atoms with Gasteiger partial charge in [-0.3, -0.25) is 14.7 Å². The number of hydrogen-bond donors (Lipinski definition) is 3. The van der Waals surface area contributed by atoms with Gasteiger partial charge in [0.25, 0.3) is 11.5 Å². The molecule has 3 heterocycles. The van der Waals surface area contributed by atoms with E-state index in [2.05, 4.69) is 20.4 Å². The Bertz CT molecular complexity index is 1470. The van der Waals surface area contributed by atoms with Crippen LogP contribution in [0, 0.1) is 5.82 Å². The van der Waals surface area contributed by atoms with Crippen LogP contribution in [0.25, 0.3) is 10.8 Å². The van der Waals surface area contributed by atoms with Crippen LogP contribution in [-0.2, 0) is 25.0 Å². The molecule has 0 spiro atoms. The minimum Gasteiger partial charge on any atom is -0.384 e. The molecule has 9 heteroatoms. The number of benzene rings is 2. The summed E-state index contributed by atoms with van der Waals surface area (Å²) in [6, 6.07) is 11.6. The molecular weight excluding hydrogens is 437 g/mol. The quantitative estimate of drug-likeness (QED) is 0.432. The second-order valence-corrected chi connectivity index (χ2v) is 9.10. The van der Waals surface area contributed by atoms with Gasteiger partial charge in [-0.05, 0) is 44.0 Å². The number of aliphatic hydroxyl groups is 1. The van der Waals surface area contributed by atoms with Crippen LogP contribution in [-0.4, -0.2) is 42.9 Å². The first-order valence-corrected chi connectivity index (χ1v) is 11.1. The number of nitrogens with one attached hydrogen (secondary N) is 2. The number of rotatable bonds is 4. The molecule has 1 aliphatic rings. The van der Waals surface area contributed by atoms with Gasteiger partial charge in [0.1, 0.15) is 11.4 Å². The first-order chi connectivity index (χ1) is 16.2. The fourth-order valence-electron chi connectivity index (χ4n) is 4.51. The summed E-state index contributed by atoms with van der Waals surface area (Å²) < 4.78 is 14.7. The number of amides is 1. The summed E-state index contributed by atoms with van der Waals surface area (Å²) in [6.45, 7) is 3.99. The van der Waals surface area contributed by atoms with E-state index in [1.807, 2.05) is 12.1 Å². The highest BCUT2D eigenvalue weighted by Crippen LogP contribution is 2.29. The number of fused-ring (bicyclic) bond motifs is 2. The molecule has 0 unspecified atom stereocenters. The number of aromatic nitrogens is 4. The zero-order valence-corrected chi connectivity index (χ0v) is 18.9. The third-order valence-corrected chi connectivity index (χ3v) is 6.21. The number of aromatic amines is 2. The highest BCUT2D eigenvalue weighted by atomic mass is 19.1. The smallest absolute Gasteiger partial charge is 0.272 e. The van der Waals surface area contributed by atoms with Gasteiger partial charge in [0.05, 0.1) is 34.6 Å². The average molecular weight is 461 g/mol. The Morgan fingerprint density at radius 1 is 1.15 bits per heavy atom. The molecule has 5 rings (SSSR count). The van der Waals surface area contributed by atoms with Gasteiger partial charge < -0.3 is 10.0 Å².